The van der Waals surface area contributed by atoms with E-state index in [1.165, 1.54) is 12.1 Å². The van der Waals surface area contributed by atoms with Crippen LogP contribution in [0.25, 0.3) is 0 Å². The predicted octanol–water partition coefficient (Wildman–Crippen LogP) is 2.12. The normalized spacial score (nSPS) is 13.1. The third kappa shape index (κ3) is 4.10. The first-order chi connectivity index (χ1) is 8.34. The van der Waals surface area contributed by atoms with Crippen LogP contribution in [0.4, 0.5) is 3.89 Å². The zero-order chi connectivity index (χ0) is 13.8. The van der Waals surface area contributed by atoms with Crippen LogP contribution in [0.2, 0.25) is 0 Å². The van der Waals surface area contributed by atoms with Crippen LogP contribution in [-0.4, -0.2) is 20.9 Å². The highest BCUT2D eigenvalue weighted by atomic mass is 32.3. The molecule has 0 bridgehead atoms. The molecule has 100 valence electrons. The van der Waals surface area contributed by atoms with Crippen molar-refractivity contribution in [1.29, 1.82) is 0 Å². The lowest BCUT2D eigenvalue weighted by atomic mass is 10.1. The minimum atomic E-state index is -4.77. The lowest BCUT2D eigenvalue weighted by Crippen LogP contribution is -2.28. The van der Waals surface area contributed by atoms with Crippen LogP contribution in [0.3, 0.4) is 0 Å². The largest absolute Gasteiger partial charge is 0.352 e. The minimum absolute atomic E-state index is 0.136. The van der Waals surface area contributed by atoms with Gasteiger partial charge in [0.1, 0.15) is 0 Å². The molecule has 1 rings (SSSR count). The van der Waals surface area contributed by atoms with Gasteiger partial charge in [0.05, 0.1) is 4.90 Å². The summed E-state index contributed by atoms with van der Waals surface area (Å²) in [7, 11) is -4.77. The zero-order valence-corrected chi connectivity index (χ0v) is 11.1. The summed E-state index contributed by atoms with van der Waals surface area (Å²) in [4.78, 5) is 11.2. The van der Waals surface area contributed by atoms with Gasteiger partial charge in [-0.1, -0.05) is 26.3 Å². The second kappa shape index (κ2) is 5.95. The molecule has 18 heavy (non-hydrogen) atoms. The second-order valence-electron chi connectivity index (χ2n) is 4.19. The number of rotatable bonds is 5. The molecule has 1 unspecified atom stereocenters. The van der Waals surface area contributed by atoms with Gasteiger partial charge in [-0.15, -0.1) is 3.89 Å². The first kappa shape index (κ1) is 14.6. The molecule has 1 amide bonds. The zero-order valence-electron chi connectivity index (χ0n) is 10.3. The van der Waals surface area contributed by atoms with Crippen LogP contribution in [0.5, 0.6) is 0 Å². The smallest absolute Gasteiger partial charge is 0.332 e. The molecule has 1 aromatic rings. The van der Waals surface area contributed by atoms with Crippen molar-refractivity contribution in [2.45, 2.75) is 25.2 Å². The molecule has 1 aromatic carbocycles. The minimum Gasteiger partial charge on any atom is -0.352 e. The first-order valence-corrected chi connectivity index (χ1v) is 7.06. The summed E-state index contributed by atoms with van der Waals surface area (Å²) < 4.78 is 34.2. The SMILES string of the molecule is CCC(C)CNC(=O)c1cccc(S(=O)(=O)F)c1. The highest BCUT2D eigenvalue weighted by molar-refractivity contribution is 7.86. The highest BCUT2D eigenvalue weighted by Crippen LogP contribution is 2.14. The number of nitrogens with one attached hydrogen (secondary N) is 1. The number of benzene rings is 1. The maximum Gasteiger partial charge on any atom is 0.332 e. The Balaban J connectivity index is 2.81. The predicted molar refractivity (Wildman–Crippen MR) is 66.5 cm³/mol. The van der Waals surface area contributed by atoms with Crippen LogP contribution < -0.4 is 5.32 Å². The van der Waals surface area contributed by atoms with Crippen molar-refractivity contribution in [2.24, 2.45) is 5.92 Å². The standard InChI is InChI=1S/C12H16FNO3S/c1-3-9(2)8-14-12(15)10-5-4-6-11(7-10)18(13,16)17/h4-7,9H,3,8H2,1-2H3,(H,14,15). The number of hydrogen-bond acceptors (Lipinski definition) is 3. The first-order valence-electron chi connectivity index (χ1n) is 5.67. The number of amides is 1. The van der Waals surface area contributed by atoms with Gasteiger partial charge in [-0.3, -0.25) is 4.79 Å². The van der Waals surface area contributed by atoms with E-state index in [1.807, 2.05) is 13.8 Å². The summed E-state index contributed by atoms with van der Waals surface area (Å²) in [6, 6.07) is 4.92. The summed E-state index contributed by atoms with van der Waals surface area (Å²) in [5.41, 5.74) is 0.136. The monoisotopic (exact) mass is 273 g/mol. The van der Waals surface area contributed by atoms with Gasteiger partial charge in [0.2, 0.25) is 0 Å². The van der Waals surface area contributed by atoms with Gasteiger partial charge in [-0.05, 0) is 24.1 Å². The fourth-order valence-corrected chi connectivity index (χ4v) is 1.81. The quantitative estimate of drug-likeness (QED) is 0.836. The molecule has 0 aliphatic rings. The average Bonchev–Trinajstić information content (AvgIpc) is 2.34. The molecule has 0 saturated carbocycles. The van der Waals surface area contributed by atoms with Crippen LogP contribution in [0.1, 0.15) is 30.6 Å². The Hall–Kier alpha value is -1.43. The fourth-order valence-electron chi connectivity index (χ4n) is 1.30. The molecule has 0 saturated heterocycles. The molecule has 6 heteroatoms. The van der Waals surface area contributed by atoms with Crippen molar-refractivity contribution >= 4 is 16.1 Å². The molecule has 1 atom stereocenters. The lowest BCUT2D eigenvalue weighted by Gasteiger charge is -2.10. The number of carbonyl (C=O) groups excluding carboxylic acids is 1. The van der Waals surface area contributed by atoms with Crippen molar-refractivity contribution in [3.05, 3.63) is 29.8 Å². The fraction of sp³-hybridized carbons (Fsp3) is 0.417. The Morgan fingerprint density at radius 1 is 1.44 bits per heavy atom. The van der Waals surface area contributed by atoms with E-state index in [4.69, 9.17) is 0 Å². The van der Waals surface area contributed by atoms with Crippen LogP contribution in [0.15, 0.2) is 29.2 Å². The van der Waals surface area contributed by atoms with Gasteiger partial charge >= 0.3 is 10.2 Å². The Kier molecular flexibility index (Phi) is 4.84. The third-order valence-corrected chi connectivity index (χ3v) is 3.50. The molecule has 0 heterocycles. The van der Waals surface area contributed by atoms with Gasteiger partial charge < -0.3 is 5.32 Å². The van der Waals surface area contributed by atoms with E-state index < -0.39 is 21.0 Å². The van der Waals surface area contributed by atoms with Crippen LogP contribution in [-0.2, 0) is 10.2 Å². The van der Waals surface area contributed by atoms with Gasteiger partial charge in [0, 0.05) is 12.1 Å². The van der Waals surface area contributed by atoms with E-state index in [2.05, 4.69) is 5.32 Å². The second-order valence-corrected chi connectivity index (χ2v) is 5.54. The van der Waals surface area contributed by atoms with Crippen molar-refractivity contribution in [1.82, 2.24) is 5.32 Å². The molecule has 0 spiro atoms. The lowest BCUT2D eigenvalue weighted by molar-refractivity contribution is 0.0947. The summed E-state index contributed by atoms with van der Waals surface area (Å²) in [6.07, 6.45) is 0.930. The van der Waals surface area contributed by atoms with E-state index in [-0.39, 0.29) is 5.56 Å². The third-order valence-electron chi connectivity index (χ3n) is 2.69. The molecular formula is C12H16FNO3S. The van der Waals surface area contributed by atoms with Crippen LogP contribution in [0, 0.1) is 5.92 Å². The van der Waals surface area contributed by atoms with Crippen molar-refractivity contribution in [3.8, 4) is 0 Å². The number of halogens is 1. The molecule has 0 aliphatic heterocycles. The van der Waals surface area contributed by atoms with E-state index in [1.54, 1.807) is 0 Å². The van der Waals surface area contributed by atoms with Gasteiger partial charge in [0.15, 0.2) is 0 Å². The molecule has 0 aliphatic carbocycles. The Morgan fingerprint density at radius 2 is 2.11 bits per heavy atom. The van der Waals surface area contributed by atoms with Crippen molar-refractivity contribution in [2.75, 3.05) is 6.54 Å². The Morgan fingerprint density at radius 3 is 2.67 bits per heavy atom. The summed E-state index contributed by atoms with van der Waals surface area (Å²) >= 11 is 0. The summed E-state index contributed by atoms with van der Waals surface area (Å²) in [5.74, 6) is -0.0668. The van der Waals surface area contributed by atoms with Gasteiger partial charge in [-0.25, -0.2) is 0 Å². The maximum atomic E-state index is 12.8. The Bertz CT molecular complexity index is 528. The Labute approximate surface area is 106 Å². The molecule has 1 N–H and O–H groups in total. The van der Waals surface area contributed by atoms with Crippen LogP contribution >= 0.6 is 0 Å². The molecule has 0 fully saturated rings. The van der Waals surface area contributed by atoms with E-state index in [9.17, 15) is 17.1 Å². The molecular weight excluding hydrogens is 257 g/mol. The maximum absolute atomic E-state index is 12.8. The average molecular weight is 273 g/mol. The number of hydrogen-bond donors (Lipinski definition) is 1. The highest BCUT2D eigenvalue weighted by Gasteiger charge is 2.14. The van der Waals surface area contributed by atoms with Crippen molar-refractivity contribution in [3.63, 3.8) is 0 Å². The summed E-state index contributed by atoms with van der Waals surface area (Å²) in [5, 5.41) is 2.67. The van der Waals surface area contributed by atoms with E-state index >= 15 is 0 Å². The number of carbonyl (C=O) groups is 1. The van der Waals surface area contributed by atoms with E-state index in [0.29, 0.717) is 12.5 Å². The van der Waals surface area contributed by atoms with Gasteiger partial charge in [-0.2, -0.15) is 8.42 Å². The summed E-state index contributed by atoms with van der Waals surface area (Å²) in [6.45, 7) is 4.50. The van der Waals surface area contributed by atoms with Crippen molar-refractivity contribution < 1.29 is 17.1 Å². The molecule has 4 nitrogen and oxygen atoms in total. The molecule has 0 radical (unpaired) electrons. The topological polar surface area (TPSA) is 63.2 Å². The van der Waals surface area contributed by atoms with E-state index in [0.717, 1.165) is 18.6 Å². The molecule has 0 aromatic heterocycles. The van der Waals surface area contributed by atoms with Gasteiger partial charge in [0.25, 0.3) is 5.91 Å².